The molecule has 0 aromatic heterocycles. The van der Waals surface area contributed by atoms with E-state index in [4.69, 9.17) is 0 Å². The van der Waals surface area contributed by atoms with Gasteiger partial charge in [0.25, 0.3) is 0 Å². The van der Waals surface area contributed by atoms with Crippen LogP contribution in [0, 0.1) is 10.8 Å². The Balaban J connectivity index is 0. The Labute approximate surface area is 216 Å². The zero-order valence-electron chi connectivity index (χ0n) is 21.0. The van der Waals surface area contributed by atoms with Crippen molar-refractivity contribution in [1.82, 2.24) is 0 Å². The molecule has 0 unspecified atom stereocenters. The van der Waals surface area contributed by atoms with Gasteiger partial charge in [-0.05, 0) is 35.1 Å². The molecule has 0 saturated heterocycles. The first-order valence-corrected chi connectivity index (χ1v) is 10.7. The lowest BCUT2D eigenvalue weighted by atomic mass is 10.0. The van der Waals surface area contributed by atoms with E-state index < -0.39 is 30.0 Å². The maximum atomic E-state index is 12.6. The highest BCUT2D eigenvalue weighted by Crippen LogP contribution is 2.46. The maximum Gasteiger partial charge on any atom is 0.586 e. The minimum atomic E-state index is -4.64. The zero-order valence-corrected chi connectivity index (χ0v) is 21.0. The monoisotopic (exact) mass is 542 g/mol. The van der Waals surface area contributed by atoms with Crippen LogP contribution >= 0.6 is 0 Å². The molecule has 0 fully saturated rings. The van der Waals surface area contributed by atoms with E-state index in [1.807, 2.05) is 0 Å². The van der Waals surface area contributed by atoms with Crippen molar-refractivity contribution in [3.8, 4) is 23.0 Å². The SMILES string of the molecule is C.C.CC(C)(C)C.CC(C)(C)C.FC1(F)Oc2ccccc2O1.FC1(F)Oc2ccccc2OC1(F)F. The molecular weight excluding hydrogens is 502 g/mol. The van der Waals surface area contributed by atoms with Gasteiger partial charge in [0, 0.05) is 0 Å². The standard InChI is InChI=1S/C8H4F4O2.C7H4F2O2.2C5H12.2CH4/c9-7(10)8(11,12)14-6-4-2-1-3-5(6)13-7;8-7(9)10-5-3-1-2-4-6(5)11-7;2*1-5(2,3)4;;/h1-4H;1-4H;2*1-4H3;2*1H4. The normalized spacial score (nSPS) is 16.9. The molecule has 0 radical (unpaired) electrons. The van der Waals surface area contributed by atoms with Crippen LogP contribution in [0.3, 0.4) is 0 Å². The summed E-state index contributed by atoms with van der Waals surface area (Å²) in [4.78, 5) is 0. The predicted octanol–water partition coefficient (Wildman–Crippen LogP) is 10.0. The molecule has 0 bridgehead atoms. The van der Waals surface area contributed by atoms with Gasteiger partial charge < -0.3 is 18.9 Å². The Kier molecular flexibility index (Phi) is 12.9. The van der Waals surface area contributed by atoms with Gasteiger partial charge in [-0.3, -0.25) is 0 Å². The lowest BCUT2D eigenvalue weighted by Gasteiger charge is -2.31. The molecule has 2 aliphatic rings. The second kappa shape index (κ2) is 13.1. The van der Waals surface area contributed by atoms with Crippen LogP contribution in [0.15, 0.2) is 48.5 Å². The second-order valence-corrected chi connectivity index (χ2v) is 10.8. The third-order valence-electron chi connectivity index (χ3n) is 2.97. The average molecular weight is 543 g/mol. The van der Waals surface area contributed by atoms with Crippen LogP contribution in [0.4, 0.5) is 26.3 Å². The van der Waals surface area contributed by atoms with Crippen LogP contribution < -0.4 is 18.9 Å². The van der Waals surface area contributed by atoms with Crippen molar-refractivity contribution in [3.05, 3.63) is 48.5 Å². The first kappa shape index (κ1) is 36.4. The molecule has 0 aliphatic carbocycles. The fourth-order valence-electron chi connectivity index (χ4n) is 1.91. The molecule has 2 aromatic rings. The van der Waals surface area contributed by atoms with Crippen molar-refractivity contribution in [2.24, 2.45) is 10.8 Å². The molecule has 214 valence electrons. The highest BCUT2D eigenvalue weighted by Gasteiger charge is 2.65. The van der Waals surface area contributed by atoms with Crippen molar-refractivity contribution in [1.29, 1.82) is 0 Å². The molecular formula is C27H40F6O4. The first-order valence-electron chi connectivity index (χ1n) is 10.7. The fraction of sp³-hybridized carbons (Fsp3) is 0.556. The highest BCUT2D eigenvalue weighted by molar-refractivity contribution is 5.42. The lowest BCUT2D eigenvalue weighted by Crippen LogP contribution is -2.52. The number of rotatable bonds is 0. The van der Waals surface area contributed by atoms with Gasteiger partial charge >= 0.3 is 18.5 Å². The summed E-state index contributed by atoms with van der Waals surface area (Å²) in [7, 11) is 0. The smallest absolute Gasteiger partial charge is 0.421 e. The number of para-hydroxylation sites is 4. The zero-order chi connectivity index (χ0) is 27.3. The Bertz CT molecular complexity index is 864. The van der Waals surface area contributed by atoms with Gasteiger partial charge in [-0.25, -0.2) is 0 Å². The lowest BCUT2D eigenvalue weighted by molar-refractivity contribution is -0.391. The van der Waals surface area contributed by atoms with Gasteiger partial charge in [-0.15, -0.1) is 8.78 Å². The molecule has 4 nitrogen and oxygen atoms in total. The summed E-state index contributed by atoms with van der Waals surface area (Å²) in [5.41, 5.74) is 1.00. The maximum absolute atomic E-state index is 12.6. The second-order valence-electron chi connectivity index (χ2n) is 10.8. The molecule has 0 N–H and O–H groups in total. The summed E-state index contributed by atoms with van der Waals surface area (Å²) >= 11 is 0. The van der Waals surface area contributed by atoms with Crippen LogP contribution in [-0.2, 0) is 0 Å². The van der Waals surface area contributed by atoms with E-state index in [2.05, 4.69) is 74.3 Å². The molecule has 2 aliphatic heterocycles. The summed E-state index contributed by atoms with van der Waals surface area (Å²) in [5.74, 6) is -0.637. The summed E-state index contributed by atoms with van der Waals surface area (Å²) in [6.45, 7) is 17.5. The quantitative estimate of drug-likeness (QED) is 0.311. The largest absolute Gasteiger partial charge is 0.586 e. The van der Waals surface area contributed by atoms with Crippen molar-refractivity contribution in [2.75, 3.05) is 0 Å². The van der Waals surface area contributed by atoms with E-state index in [1.165, 1.54) is 24.3 Å². The fourth-order valence-corrected chi connectivity index (χ4v) is 1.91. The van der Waals surface area contributed by atoms with Crippen molar-refractivity contribution in [2.45, 2.75) is 88.8 Å². The molecule has 10 heteroatoms. The van der Waals surface area contributed by atoms with E-state index in [-0.39, 0.29) is 26.4 Å². The molecule has 4 rings (SSSR count). The predicted molar refractivity (Wildman–Crippen MR) is 134 cm³/mol. The first-order chi connectivity index (χ1) is 15.6. The van der Waals surface area contributed by atoms with E-state index in [1.54, 1.807) is 12.1 Å². The number of hydrogen-bond acceptors (Lipinski definition) is 4. The van der Waals surface area contributed by atoms with Crippen molar-refractivity contribution in [3.63, 3.8) is 0 Å². The third kappa shape index (κ3) is 13.9. The Morgan fingerprint density at radius 1 is 0.459 bits per heavy atom. The van der Waals surface area contributed by atoms with E-state index in [0.29, 0.717) is 10.8 Å². The van der Waals surface area contributed by atoms with Gasteiger partial charge in [0.15, 0.2) is 23.0 Å². The minimum absolute atomic E-state index is 0. The number of benzene rings is 2. The van der Waals surface area contributed by atoms with Gasteiger partial charge in [0.05, 0.1) is 0 Å². The number of halogens is 6. The molecule has 0 spiro atoms. The van der Waals surface area contributed by atoms with Crippen LogP contribution in [0.5, 0.6) is 23.0 Å². The van der Waals surface area contributed by atoms with E-state index >= 15 is 0 Å². The molecule has 0 atom stereocenters. The summed E-state index contributed by atoms with van der Waals surface area (Å²) < 4.78 is 90.8. The van der Waals surface area contributed by atoms with Gasteiger partial charge in [-0.2, -0.15) is 17.6 Å². The molecule has 2 heterocycles. The molecule has 0 saturated carbocycles. The average Bonchev–Trinajstić information content (AvgIpc) is 2.93. The molecule has 2 aromatic carbocycles. The topological polar surface area (TPSA) is 36.9 Å². The summed E-state index contributed by atoms with van der Waals surface area (Å²) in [5, 5.41) is 0. The van der Waals surface area contributed by atoms with E-state index in [0.717, 1.165) is 12.1 Å². The Hall–Kier alpha value is -2.78. The Morgan fingerprint density at radius 3 is 0.865 bits per heavy atom. The van der Waals surface area contributed by atoms with E-state index in [9.17, 15) is 26.3 Å². The van der Waals surface area contributed by atoms with Gasteiger partial charge in [-0.1, -0.05) is 94.5 Å². The van der Waals surface area contributed by atoms with Crippen LogP contribution in [0.1, 0.15) is 70.2 Å². The van der Waals surface area contributed by atoms with Crippen LogP contribution in [0.25, 0.3) is 0 Å². The van der Waals surface area contributed by atoms with Crippen molar-refractivity contribution >= 4 is 0 Å². The summed E-state index contributed by atoms with van der Waals surface area (Å²) in [6, 6.07) is 11.1. The van der Waals surface area contributed by atoms with Crippen LogP contribution in [0.2, 0.25) is 0 Å². The van der Waals surface area contributed by atoms with Crippen molar-refractivity contribution < 1.29 is 45.3 Å². The molecule has 37 heavy (non-hydrogen) atoms. The summed E-state index contributed by atoms with van der Waals surface area (Å²) in [6.07, 6.45) is -12.8. The number of ether oxygens (including phenoxy) is 4. The number of fused-ring (bicyclic) bond motifs is 2. The Morgan fingerprint density at radius 2 is 0.649 bits per heavy atom. The number of hydrogen-bond donors (Lipinski definition) is 0. The van der Waals surface area contributed by atoms with Gasteiger partial charge in [0.1, 0.15) is 0 Å². The van der Waals surface area contributed by atoms with Crippen LogP contribution in [-0.4, -0.2) is 18.5 Å². The van der Waals surface area contributed by atoms with Gasteiger partial charge in [0.2, 0.25) is 0 Å². The molecule has 0 amide bonds. The number of alkyl halides is 6. The highest BCUT2D eigenvalue weighted by atomic mass is 19.3. The third-order valence-corrected chi connectivity index (χ3v) is 2.97. The minimum Gasteiger partial charge on any atom is -0.421 e.